The Morgan fingerprint density at radius 3 is 2.55 bits per heavy atom. The summed E-state index contributed by atoms with van der Waals surface area (Å²) in [5.41, 5.74) is 4.08. The minimum atomic E-state index is -1.04. The first kappa shape index (κ1) is 16.7. The Morgan fingerprint density at radius 1 is 1.40 bits per heavy atom. The van der Waals surface area contributed by atoms with E-state index in [-0.39, 0.29) is 19.7 Å². The van der Waals surface area contributed by atoms with E-state index in [4.69, 9.17) is 19.9 Å². The van der Waals surface area contributed by atoms with Crippen molar-refractivity contribution in [3.63, 3.8) is 0 Å². The average Bonchev–Trinajstić information content (AvgIpc) is 2.59. The zero-order chi connectivity index (χ0) is 15.4. The van der Waals surface area contributed by atoms with Crippen molar-refractivity contribution in [2.24, 2.45) is 11.1 Å². The van der Waals surface area contributed by atoms with E-state index in [1.54, 1.807) is 20.8 Å². The summed E-state index contributed by atoms with van der Waals surface area (Å²) in [7, 11) is 1.29. The van der Waals surface area contributed by atoms with Crippen LogP contribution in [0.1, 0.15) is 20.8 Å². The van der Waals surface area contributed by atoms with Crippen molar-refractivity contribution in [3.8, 4) is 0 Å². The molecule has 1 fully saturated rings. The molecule has 0 aromatic rings. The minimum Gasteiger partial charge on any atom is -0.468 e. The topological polar surface area (TPSA) is 91.1 Å². The molecule has 0 aliphatic carbocycles. The third-order valence-electron chi connectivity index (χ3n) is 3.04. The molecule has 0 aromatic carbocycles. The molecule has 1 atom stereocenters. The van der Waals surface area contributed by atoms with Crippen molar-refractivity contribution < 1.29 is 23.8 Å². The van der Waals surface area contributed by atoms with E-state index >= 15 is 0 Å². The summed E-state index contributed by atoms with van der Waals surface area (Å²) in [6, 6.07) is 0. The number of hydrogen-bond acceptors (Lipinski definition) is 6. The second-order valence-corrected chi connectivity index (χ2v) is 5.93. The highest BCUT2D eigenvalue weighted by atomic mass is 16.6. The van der Waals surface area contributed by atoms with E-state index in [2.05, 4.69) is 0 Å². The van der Waals surface area contributed by atoms with Crippen molar-refractivity contribution in [2.45, 2.75) is 26.4 Å². The van der Waals surface area contributed by atoms with Crippen molar-refractivity contribution in [2.75, 3.05) is 40.0 Å². The number of amides is 1. The van der Waals surface area contributed by atoms with E-state index in [0.717, 1.165) is 0 Å². The van der Waals surface area contributed by atoms with Gasteiger partial charge in [0.25, 0.3) is 0 Å². The van der Waals surface area contributed by atoms with Gasteiger partial charge in [0.05, 0.1) is 20.3 Å². The van der Waals surface area contributed by atoms with E-state index in [9.17, 15) is 9.59 Å². The van der Waals surface area contributed by atoms with Crippen molar-refractivity contribution in [3.05, 3.63) is 0 Å². The summed E-state index contributed by atoms with van der Waals surface area (Å²) < 4.78 is 15.5. The van der Waals surface area contributed by atoms with Gasteiger partial charge in [-0.1, -0.05) is 0 Å². The molecule has 1 aliphatic rings. The first-order chi connectivity index (χ1) is 9.24. The SMILES string of the molecule is COC(=O)C1(CN)COCCN(C(=O)OC(C)(C)C)C1. The third kappa shape index (κ3) is 4.08. The van der Waals surface area contributed by atoms with Crippen molar-refractivity contribution in [1.29, 1.82) is 0 Å². The first-order valence-corrected chi connectivity index (χ1v) is 6.58. The average molecular weight is 288 g/mol. The molecule has 0 bridgehead atoms. The van der Waals surface area contributed by atoms with Gasteiger partial charge in [-0.2, -0.15) is 0 Å². The largest absolute Gasteiger partial charge is 0.468 e. The number of rotatable bonds is 2. The van der Waals surface area contributed by atoms with Crippen LogP contribution in [0, 0.1) is 5.41 Å². The summed E-state index contributed by atoms with van der Waals surface area (Å²) in [5, 5.41) is 0. The molecular weight excluding hydrogens is 264 g/mol. The molecule has 1 heterocycles. The number of nitrogens with two attached hydrogens (primary N) is 1. The zero-order valence-corrected chi connectivity index (χ0v) is 12.6. The van der Waals surface area contributed by atoms with Crippen LogP contribution in [0.3, 0.4) is 0 Å². The maximum atomic E-state index is 12.1. The Hall–Kier alpha value is -1.34. The molecule has 116 valence electrons. The number of nitrogens with zero attached hydrogens (tertiary/aromatic N) is 1. The lowest BCUT2D eigenvalue weighted by Gasteiger charge is -2.32. The Bertz CT molecular complexity index is 366. The first-order valence-electron chi connectivity index (χ1n) is 6.58. The van der Waals surface area contributed by atoms with Crippen LogP contribution in [0.4, 0.5) is 4.79 Å². The summed E-state index contributed by atoms with van der Waals surface area (Å²) in [4.78, 5) is 25.5. The molecule has 1 unspecified atom stereocenters. The van der Waals surface area contributed by atoms with Crippen molar-refractivity contribution in [1.82, 2.24) is 4.90 Å². The fraction of sp³-hybridized carbons (Fsp3) is 0.846. The van der Waals surface area contributed by atoms with Crippen LogP contribution in [-0.2, 0) is 19.0 Å². The second kappa shape index (κ2) is 6.41. The molecule has 1 saturated heterocycles. The molecule has 1 amide bonds. The van der Waals surface area contributed by atoms with E-state index in [1.807, 2.05) is 0 Å². The molecular formula is C13H24N2O5. The van der Waals surface area contributed by atoms with Gasteiger partial charge in [0, 0.05) is 19.6 Å². The van der Waals surface area contributed by atoms with Crippen LogP contribution in [0.15, 0.2) is 0 Å². The van der Waals surface area contributed by atoms with Crippen LogP contribution in [0.25, 0.3) is 0 Å². The van der Waals surface area contributed by atoms with Crippen molar-refractivity contribution >= 4 is 12.1 Å². The predicted molar refractivity (Wildman–Crippen MR) is 72.1 cm³/mol. The molecule has 20 heavy (non-hydrogen) atoms. The van der Waals surface area contributed by atoms with Crippen LogP contribution in [0.5, 0.6) is 0 Å². The Morgan fingerprint density at radius 2 is 2.05 bits per heavy atom. The van der Waals surface area contributed by atoms with Gasteiger partial charge in [-0.25, -0.2) is 4.79 Å². The van der Waals surface area contributed by atoms with Gasteiger partial charge in [0.1, 0.15) is 11.0 Å². The smallest absolute Gasteiger partial charge is 0.410 e. The molecule has 2 N–H and O–H groups in total. The van der Waals surface area contributed by atoms with E-state index in [1.165, 1.54) is 12.0 Å². The summed E-state index contributed by atoms with van der Waals surface area (Å²) in [5.74, 6) is -0.476. The fourth-order valence-corrected chi connectivity index (χ4v) is 1.96. The minimum absolute atomic E-state index is 0.0406. The highest BCUT2D eigenvalue weighted by Crippen LogP contribution is 2.24. The Balaban J connectivity index is 2.88. The molecule has 0 spiro atoms. The van der Waals surface area contributed by atoms with Gasteiger partial charge in [0.2, 0.25) is 0 Å². The van der Waals surface area contributed by atoms with Gasteiger partial charge in [-0.15, -0.1) is 0 Å². The maximum absolute atomic E-state index is 12.1. The number of ether oxygens (including phenoxy) is 3. The standard InChI is InChI=1S/C13H24N2O5/c1-12(2,3)20-11(17)15-5-6-19-9-13(7-14,8-15)10(16)18-4/h5-9,14H2,1-4H3. The zero-order valence-electron chi connectivity index (χ0n) is 12.6. The lowest BCUT2D eigenvalue weighted by molar-refractivity contribution is -0.155. The monoisotopic (exact) mass is 288 g/mol. The fourth-order valence-electron chi connectivity index (χ4n) is 1.96. The van der Waals surface area contributed by atoms with Gasteiger partial charge in [-0.05, 0) is 20.8 Å². The van der Waals surface area contributed by atoms with E-state index in [0.29, 0.717) is 13.2 Å². The molecule has 0 radical (unpaired) electrons. The number of carbonyl (C=O) groups is 2. The molecule has 7 heteroatoms. The summed E-state index contributed by atoms with van der Waals surface area (Å²) in [6.07, 6.45) is -0.482. The van der Waals surface area contributed by atoms with Gasteiger partial charge >= 0.3 is 12.1 Å². The lowest BCUT2D eigenvalue weighted by atomic mass is 9.88. The highest BCUT2D eigenvalue weighted by molar-refractivity contribution is 5.79. The predicted octanol–water partition coefficient (Wildman–Crippen LogP) is 0.372. The second-order valence-electron chi connectivity index (χ2n) is 5.93. The molecule has 0 aromatic heterocycles. The van der Waals surface area contributed by atoms with Crippen LogP contribution < -0.4 is 5.73 Å². The Kier molecular flexibility index (Phi) is 5.35. The number of esters is 1. The van der Waals surface area contributed by atoms with Gasteiger partial charge in [-0.3, -0.25) is 4.79 Å². The number of methoxy groups -OCH3 is 1. The van der Waals surface area contributed by atoms with Gasteiger partial charge in [0.15, 0.2) is 0 Å². The molecule has 7 nitrogen and oxygen atoms in total. The molecule has 1 aliphatic heterocycles. The third-order valence-corrected chi connectivity index (χ3v) is 3.04. The molecule has 0 saturated carbocycles. The normalized spacial score (nSPS) is 23.9. The van der Waals surface area contributed by atoms with Crippen LogP contribution in [-0.4, -0.2) is 62.5 Å². The van der Waals surface area contributed by atoms with Crippen LogP contribution >= 0.6 is 0 Å². The molecule has 1 rings (SSSR count). The summed E-state index contributed by atoms with van der Waals surface area (Å²) in [6.45, 7) is 6.35. The highest BCUT2D eigenvalue weighted by Gasteiger charge is 2.43. The Labute approximate surface area is 119 Å². The van der Waals surface area contributed by atoms with Gasteiger partial charge < -0.3 is 24.8 Å². The van der Waals surface area contributed by atoms with Crippen LogP contribution in [0.2, 0.25) is 0 Å². The maximum Gasteiger partial charge on any atom is 0.410 e. The number of hydrogen-bond donors (Lipinski definition) is 1. The summed E-state index contributed by atoms with van der Waals surface area (Å²) >= 11 is 0. The lowest BCUT2D eigenvalue weighted by Crippen LogP contribution is -2.51. The quantitative estimate of drug-likeness (QED) is 0.738. The number of carbonyl (C=O) groups excluding carboxylic acids is 2. The van der Waals surface area contributed by atoms with E-state index < -0.39 is 23.1 Å².